The lowest BCUT2D eigenvalue weighted by atomic mass is 10.1. The fraction of sp³-hybridized carbons (Fsp3) is 0.647. The summed E-state index contributed by atoms with van der Waals surface area (Å²) in [7, 11) is 0. The maximum absolute atomic E-state index is 5.90. The van der Waals surface area contributed by atoms with E-state index in [1.54, 1.807) is 0 Å². The number of nitrogens with one attached hydrogen (secondary N) is 1. The molecule has 1 unspecified atom stereocenters. The second kappa shape index (κ2) is 11.0. The number of hydrogen-bond donors (Lipinski definition) is 1. The van der Waals surface area contributed by atoms with E-state index in [9.17, 15) is 0 Å². The van der Waals surface area contributed by atoms with Gasteiger partial charge >= 0.3 is 0 Å². The van der Waals surface area contributed by atoms with Crippen molar-refractivity contribution in [1.29, 1.82) is 0 Å². The molecular weight excluding hydrogens is 330 g/mol. The van der Waals surface area contributed by atoms with Crippen molar-refractivity contribution in [3.8, 4) is 5.75 Å². The van der Waals surface area contributed by atoms with Crippen molar-refractivity contribution in [2.45, 2.75) is 46.1 Å². The Labute approximate surface area is 137 Å². The summed E-state index contributed by atoms with van der Waals surface area (Å²) in [5, 5.41) is 3.50. The van der Waals surface area contributed by atoms with E-state index in [0.717, 1.165) is 42.6 Å². The second-order valence-corrected chi connectivity index (χ2v) is 6.09. The summed E-state index contributed by atoms with van der Waals surface area (Å²) in [5.74, 6) is 0.930. The number of halogens is 1. The van der Waals surface area contributed by atoms with Crippen LogP contribution in [0.5, 0.6) is 5.75 Å². The van der Waals surface area contributed by atoms with Crippen LogP contribution in [-0.4, -0.2) is 26.4 Å². The predicted octanol–water partition coefficient (Wildman–Crippen LogP) is 4.71. The van der Waals surface area contributed by atoms with Crippen LogP contribution in [0, 0.1) is 0 Å². The molecule has 120 valence electrons. The van der Waals surface area contributed by atoms with Gasteiger partial charge in [0.15, 0.2) is 0 Å². The largest absolute Gasteiger partial charge is 0.491 e. The molecule has 0 bridgehead atoms. The van der Waals surface area contributed by atoms with Crippen LogP contribution in [0.25, 0.3) is 0 Å². The van der Waals surface area contributed by atoms with Gasteiger partial charge in [0.25, 0.3) is 0 Å². The number of unbranched alkanes of at least 4 members (excludes halogenated alkanes) is 1. The third kappa shape index (κ3) is 7.30. The highest BCUT2D eigenvalue weighted by Crippen LogP contribution is 2.28. The zero-order chi connectivity index (χ0) is 15.5. The highest BCUT2D eigenvalue weighted by Gasteiger charge is 2.11. The molecule has 0 saturated carbocycles. The molecule has 4 heteroatoms. The van der Waals surface area contributed by atoms with E-state index >= 15 is 0 Å². The van der Waals surface area contributed by atoms with Gasteiger partial charge in [-0.15, -0.1) is 0 Å². The average molecular weight is 358 g/mol. The summed E-state index contributed by atoms with van der Waals surface area (Å²) >= 11 is 3.51. The molecule has 0 fully saturated rings. The molecule has 0 heterocycles. The Morgan fingerprint density at radius 1 is 1.14 bits per heavy atom. The summed E-state index contributed by atoms with van der Waals surface area (Å²) in [6, 6.07) is 6.49. The zero-order valence-corrected chi connectivity index (χ0v) is 15.0. The van der Waals surface area contributed by atoms with Crippen LogP contribution in [0.4, 0.5) is 0 Å². The number of benzene rings is 1. The minimum atomic E-state index is 0.286. The first-order valence-electron chi connectivity index (χ1n) is 7.92. The standard InChI is InChI=1S/C17H28BrNO2/c1-4-6-10-20-11-12-21-17-13-15(18)7-8-16(17)14(3)19-9-5-2/h7-8,13-14,19H,4-6,9-12H2,1-3H3. The fourth-order valence-corrected chi connectivity index (χ4v) is 2.36. The van der Waals surface area contributed by atoms with Crippen molar-refractivity contribution >= 4 is 15.9 Å². The third-order valence-corrected chi connectivity index (χ3v) is 3.76. The maximum Gasteiger partial charge on any atom is 0.125 e. The van der Waals surface area contributed by atoms with Crippen molar-refractivity contribution in [2.75, 3.05) is 26.4 Å². The van der Waals surface area contributed by atoms with E-state index in [-0.39, 0.29) is 6.04 Å². The average Bonchev–Trinajstić information content (AvgIpc) is 2.48. The molecule has 21 heavy (non-hydrogen) atoms. The van der Waals surface area contributed by atoms with Crippen LogP contribution in [0.1, 0.15) is 51.6 Å². The molecule has 1 aromatic carbocycles. The minimum Gasteiger partial charge on any atom is -0.491 e. The molecule has 1 atom stereocenters. The normalized spacial score (nSPS) is 12.4. The molecule has 0 amide bonds. The molecule has 0 saturated heterocycles. The first kappa shape index (κ1) is 18.5. The predicted molar refractivity (Wildman–Crippen MR) is 92.1 cm³/mol. The molecule has 0 aliphatic heterocycles. The molecule has 0 radical (unpaired) electrons. The van der Waals surface area contributed by atoms with Crippen LogP contribution in [0.2, 0.25) is 0 Å². The van der Waals surface area contributed by atoms with Gasteiger partial charge in [0.2, 0.25) is 0 Å². The summed E-state index contributed by atoms with van der Waals surface area (Å²) in [6.07, 6.45) is 3.40. The van der Waals surface area contributed by atoms with Crippen LogP contribution < -0.4 is 10.1 Å². The first-order chi connectivity index (χ1) is 10.2. The van der Waals surface area contributed by atoms with Crippen molar-refractivity contribution in [3.63, 3.8) is 0 Å². The van der Waals surface area contributed by atoms with Gasteiger partial charge in [-0.3, -0.25) is 0 Å². The Morgan fingerprint density at radius 3 is 2.67 bits per heavy atom. The van der Waals surface area contributed by atoms with Gasteiger partial charge in [-0.05, 0) is 38.4 Å². The summed E-state index contributed by atoms with van der Waals surface area (Å²) < 4.78 is 12.5. The molecule has 0 aliphatic carbocycles. The van der Waals surface area contributed by atoms with Crippen LogP contribution in [0.3, 0.4) is 0 Å². The molecule has 0 aliphatic rings. The van der Waals surface area contributed by atoms with Gasteiger partial charge in [0, 0.05) is 22.7 Å². The van der Waals surface area contributed by atoms with E-state index < -0.39 is 0 Å². The smallest absolute Gasteiger partial charge is 0.125 e. The molecular formula is C17H28BrNO2. The Morgan fingerprint density at radius 2 is 1.95 bits per heavy atom. The Balaban J connectivity index is 2.52. The fourth-order valence-electron chi connectivity index (χ4n) is 2.02. The molecule has 3 nitrogen and oxygen atoms in total. The maximum atomic E-state index is 5.90. The van der Waals surface area contributed by atoms with E-state index in [4.69, 9.17) is 9.47 Å². The van der Waals surface area contributed by atoms with Gasteiger partial charge in [-0.2, -0.15) is 0 Å². The van der Waals surface area contributed by atoms with Gasteiger partial charge in [-0.1, -0.05) is 42.3 Å². The summed E-state index contributed by atoms with van der Waals surface area (Å²) in [6.45, 7) is 9.57. The zero-order valence-electron chi connectivity index (χ0n) is 13.5. The number of hydrogen-bond acceptors (Lipinski definition) is 3. The molecule has 1 N–H and O–H groups in total. The lowest BCUT2D eigenvalue weighted by Crippen LogP contribution is -2.20. The molecule has 1 rings (SSSR count). The van der Waals surface area contributed by atoms with Crippen LogP contribution >= 0.6 is 15.9 Å². The monoisotopic (exact) mass is 357 g/mol. The van der Waals surface area contributed by atoms with E-state index in [1.807, 2.05) is 6.07 Å². The molecule has 0 spiro atoms. The van der Waals surface area contributed by atoms with E-state index in [0.29, 0.717) is 13.2 Å². The van der Waals surface area contributed by atoms with Gasteiger partial charge < -0.3 is 14.8 Å². The van der Waals surface area contributed by atoms with E-state index in [2.05, 4.69) is 54.2 Å². The highest BCUT2D eigenvalue weighted by molar-refractivity contribution is 9.10. The quantitative estimate of drug-likeness (QED) is 0.582. The highest BCUT2D eigenvalue weighted by atomic mass is 79.9. The van der Waals surface area contributed by atoms with Crippen molar-refractivity contribution < 1.29 is 9.47 Å². The van der Waals surface area contributed by atoms with E-state index in [1.165, 1.54) is 5.56 Å². The Bertz CT molecular complexity index is 398. The third-order valence-electron chi connectivity index (χ3n) is 3.27. The Kier molecular flexibility index (Phi) is 9.72. The van der Waals surface area contributed by atoms with Crippen molar-refractivity contribution in [2.24, 2.45) is 0 Å². The lowest BCUT2D eigenvalue weighted by molar-refractivity contribution is 0.0975. The van der Waals surface area contributed by atoms with Gasteiger partial charge in [-0.25, -0.2) is 0 Å². The topological polar surface area (TPSA) is 30.5 Å². The minimum absolute atomic E-state index is 0.286. The summed E-state index contributed by atoms with van der Waals surface area (Å²) in [5.41, 5.74) is 1.19. The molecule has 0 aromatic heterocycles. The number of rotatable bonds is 11. The van der Waals surface area contributed by atoms with Gasteiger partial charge in [0.1, 0.15) is 12.4 Å². The SMILES string of the molecule is CCCCOCCOc1cc(Br)ccc1C(C)NCCC. The van der Waals surface area contributed by atoms with Crippen molar-refractivity contribution in [3.05, 3.63) is 28.2 Å². The number of ether oxygens (including phenoxy) is 2. The summed E-state index contributed by atoms with van der Waals surface area (Å²) in [4.78, 5) is 0. The van der Waals surface area contributed by atoms with Crippen LogP contribution in [0.15, 0.2) is 22.7 Å². The first-order valence-corrected chi connectivity index (χ1v) is 8.71. The second-order valence-electron chi connectivity index (χ2n) is 5.17. The van der Waals surface area contributed by atoms with Crippen LogP contribution in [-0.2, 0) is 4.74 Å². The van der Waals surface area contributed by atoms with Crippen molar-refractivity contribution in [1.82, 2.24) is 5.32 Å². The van der Waals surface area contributed by atoms with Gasteiger partial charge in [0.05, 0.1) is 6.61 Å². The molecule has 1 aromatic rings. The Hall–Kier alpha value is -0.580. The lowest BCUT2D eigenvalue weighted by Gasteiger charge is -2.18.